The molecule has 7 rings (SSSR count). The van der Waals surface area contributed by atoms with Gasteiger partial charge in [0, 0.05) is 39.6 Å². The highest BCUT2D eigenvalue weighted by atomic mass is 15.0. The van der Waals surface area contributed by atoms with E-state index >= 15 is 0 Å². The Morgan fingerprint density at radius 1 is 0.452 bits per heavy atom. The summed E-state index contributed by atoms with van der Waals surface area (Å²) in [4.78, 5) is 4.28. The van der Waals surface area contributed by atoms with Crippen LogP contribution in [0.3, 0.4) is 0 Å². The lowest BCUT2D eigenvalue weighted by Gasteiger charge is -2.12. The third-order valence-corrected chi connectivity index (χ3v) is 6.44. The van der Waals surface area contributed by atoms with Gasteiger partial charge in [-0.1, -0.05) is 84.9 Å². The van der Waals surface area contributed by atoms with Crippen molar-refractivity contribution < 1.29 is 0 Å². The minimum atomic E-state index is 1.13. The first-order valence-corrected chi connectivity index (χ1v) is 10.6. The van der Waals surface area contributed by atoms with Crippen LogP contribution >= 0.6 is 0 Å². The van der Waals surface area contributed by atoms with Gasteiger partial charge in [0.1, 0.15) is 0 Å². The van der Waals surface area contributed by atoms with Crippen molar-refractivity contribution in [1.82, 2.24) is 9.55 Å². The smallest absolute Gasteiger partial charge is 0.0626 e. The normalized spacial score (nSPS) is 11.9. The first-order chi connectivity index (χ1) is 15.4. The largest absolute Gasteiger partial charge is 0.308 e. The molecule has 0 saturated carbocycles. The van der Waals surface area contributed by atoms with Gasteiger partial charge in [0.25, 0.3) is 0 Å². The molecule has 0 fully saturated rings. The Kier molecular flexibility index (Phi) is 3.30. The monoisotopic (exact) mass is 394 g/mol. The van der Waals surface area contributed by atoms with Crippen LogP contribution in [0.1, 0.15) is 0 Å². The molecule has 0 aliphatic carbocycles. The lowest BCUT2D eigenvalue weighted by atomic mass is 9.96. The number of nitrogens with zero attached hydrogens (tertiary/aromatic N) is 2. The average Bonchev–Trinajstić information content (AvgIpc) is 3.21. The van der Waals surface area contributed by atoms with Gasteiger partial charge in [-0.2, -0.15) is 0 Å². The summed E-state index contributed by atoms with van der Waals surface area (Å²) in [5.41, 5.74) is 3.64. The lowest BCUT2D eigenvalue weighted by molar-refractivity contribution is 1.17. The standard InChI is InChI=1S/C29H18N2/c1-2-8-21-19(7-1)13-14-26-27-24-11-5-3-9-22(24)23-10-4-6-12-25(23)29(27)31(28(21)26)20-15-17-30-18-16-20/h1-18H. The van der Waals surface area contributed by atoms with Crippen molar-refractivity contribution in [3.8, 4) is 5.69 Å². The fourth-order valence-corrected chi connectivity index (χ4v) is 5.19. The molecule has 0 unspecified atom stereocenters. The van der Waals surface area contributed by atoms with Gasteiger partial charge in [0.05, 0.1) is 11.0 Å². The summed E-state index contributed by atoms with van der Waals surface area (Å²) < 4.78 is 2.43. The molecule has 5 aromatic carbocycles. The van der Waals surface area contributed by atoms with Crippen LogP contribution in [0.2, 0.25) is 0 Å². The second-order valence-electron chi connectivity index (χ2n) is 8.04. The van der Waals surface area contributed by atoms with Crippen LogP contribution in [0.15, 0.2) is 109 Å². The number of hydrogen-bond acceptors (Lipinski definition) is 1. The molecule has 31 heavy (non-hydrogen) atoms. The first kappa shape index (κ1) is 16.6. The van der Waals surface area contributed by atoms with Crippen molar-refractivity contribution in [2.24, 2.45) is 0 Å². The van der Waals surface area contributed by atoms with Crippen LogP contribution in [0.5, 0.6) is 0 Å². The van der Waals surface area contributed by atoms with Gasteiger partial charge in [0.2, 0.25) is 0 Å². The maximum atomic E-state index is 4.28. The van der Waals surface area contributed by atoms with Crippen LogP contribution < -0.4 is 0 Å². The fourth-order valence-electron chi connectivity index (χ4n) is 5.19. The molecule has 0 spiro atoms. The molecular weight excluding hydrogens is 376 g/mol. The summed E-state index contributed by atoms with van der Waals surface area (Å²) in [6.45, 7) is 0. The molecular formula is C29H18N2. The van der Waals surface area contributed by atoms with Crippen LogP contribution in [0.4, 0.5) is 0 Å². The van der Waals surface area contributed by atoms with E-state index in [2.05, 4.69) is 107 Å². The summed E-state index contributed by atoms with van der Waals surface area (Å²) in [6.07, 6.45) is 3.75. The van der Waals surface area contributed by atoms with Crippen molar-refractivity contribution in [3.63, 3.8) is 0 Å². The maximum Gasteiger partial charge on any atom is 0.0626 e. The molecule has 2 nitrogen and oxygen atoms in total. The zero-order valence-corrected chi connectivity index (χ0v) is 16.8. The molecule has 0 saturated heterocycles. The molecule has 2 heterocycles. The third-order valence-electron chi connectivity index (χ3n) is 6.44. The SMILES string of the molecule is c1ccc2c(c1)ccc1c3c4ccccc4c4ccccc4c3n(-c3ccncc3)c21. The van der Waals surface area contributed by atoms with Gasteiger partial charge in [0.15, 0.2) is 0 Å². The molecule has 7 aromatic rings. The molecule has 0 amide bonds. The second-order valence-corrected chi connectivity index (χ2v) is 8.04. The van der Waals surface area contributed by atoms with E-state index in [4.69, 9.17) is 0 Å². The van der Waals surface area contributed by atoms with Gasteiger partial charge in [-0.15, -0.1) is 0 Å². The van der Waals surface area contributed by atoms with Crippen molar-refractivity contribution in [2.45, 2.75) is 0 Å². The average molecular weight is 394 g/mol. The highest BCUT2D eigenvalue weighted by Crippen LogP contribution is 2.43. The number of rotatable bonds is 1. The van der Waals surface area contributed by atoms with Crippen LogP contribution in [0, 0.1) is 0 Å². The van der Waals surface area contributed by atoms with E-state index < -0.39 is 0 Å². The maximum absolute atomic E-state index is 4.28. The summed E-state index contributed by atoms with van der Waals surface area (Å²) in [7, 11) is 0. The zero-order valence-electron chi connectivity index (χ0n) is 16.8. The Morgan fingerprint density at radius 2 is 1.06 bits per heavy atom. The molecule has 0 aliphatic heterocycles. The topological polar surface area (TPSA) is 17.8 Å². The minimum absolute atomic E-state index is 1.13. The van der Waals surface area contributed by atoms with Crippen LogP contribution in [-0.2, 0) is 0 Å². The Balaban J connectivity index is 1.91. The number of aromatic nitrogens is 2. The van der Waals surface area contributed by atoms with Crippen molar-refractivity contribution >= 4 is 54.1 Å². The van der Waals surface area contributed by atoms with Gasteiger partial charge < -0.3 is 4.57 Å². The zero-order chi connectivity index (χ0) is 20.4. The van der Waals surface area contributed by atoms with Crippen molar-refractivity contribution in [3.05, 3.63) is 109 Å². The Labute approximate surface area is 179 Å². The Bertz CT molecular complexity index is 1780. The second kappa shape index (κ2) is 6.16. The quantitative estimate of drug-likeness (QED) is 0.262. The predicted octanol–water partition coefficient (Wildman–Crippen LogP) is 7.64. The number of fused-ring (bicyclic) bond motifs is 10. The van der Waals surface area contributed by atoms with Gasteiger partial charge in [-0.3, -0.25) is 4.98 Å². The molecule has 0 bridgehead atoms. The van der Waals surface area contributed by atoms with Gasteiger partial charge in [-0.05, 0) is 33.7 Å². The molecule has 0 N–H and O–H groups in total. The molecule has 0 aliphatic rings. The molecule has 144 valence electrons. The Hall–Kier alpha value is -4.17. The van der Waals surface area contributed by atoms with E-state index in [1.165, 1.54) is 54.1 Å². The molecule has 2 heteroatoms. The highest BCUT2D eigenvalue weighted by molar-refractivity contribution is 6.34. The number of pyridine rings is 1. The fraction of sp³-hybridized carbons (Fsp3) is 0. The number of benzene rings is 5. The molecule has 2 aromatic heterocycles. The summed E-state index contributed by atoms with van der Waals surface area (Å²) in [5.74, 6) is 0. The van der Waals surface area contributed by atoms with Crippen LogP contribution in [0.25, 0.3) is 59.8 Å². The highest BCUT2D eigenvalue weighted by Gasteiger charge is 2.20. The van der Waals surface area contributed by atoms with Crippen molar-refractivity contribution in [1.29, 1.82) is 0 Å². The van der Waals surface area contributed by atoms with E-state index in [0.717, 1.165) is 5.69 Å². The predicted molar refractivity (Wildman–Crippen MR) is 131 cm³/mol. The molecule has 0 radical (unpaired) electrons. The van der Waals surface area contributed by atoms with E-state index in [1.807, 2.05) is 12.4 Å². The third kappa shape index (κ3) is 2.19. The van der Waals surface area contributed by atoms with Crippen molar-refractivity contribution in [2.75, 3.05) is 0 Å². The van der Waals surface area contributed by atoms with E-state index in [-0.39, 0.29) is 0 Å². The van der Waals surface area contributed by atoms with Gasteiger partial charge in [-0.25, -0.2) is 0 Å². The summed E-state index contributed by atoms with van der Waals surface area (Å²) in [5, 5.41) is 10.3. The molecule has 0 atom stereocenters. The van der Waals surface area contributed by atoms with E-state index in [0.29, 0.717) is 0 Å². The Morgan fingerprint density at radius 3 is 1.84 bits per heavy atom. The van der Waals surface area contributed by atoms with Crippen LogP contribution in [-0.4, -0.2) is 9.55 Å². The summed E-state index contributed by atoms with van der Waals surface area (Å²) in [6, 6.07) is 35.0. The van der Waals surface area contributed by atoms with E-state index in [1.54, 1.807) is 0 Å². The minimum Gasteiger partial charge on any atom is -0.308 e. The van der Waals surface area contributed by atoms with E-state index in [9.17, 15) is 0 Å². The number of hydrogen-bond donors (Lipinski definition) is 0. The lowest BCUT2D eigenvalue weighted by Crippen LogP contribution is -1.95. The van der Waals surface area contributed by atoms with Gasteiger partial charge >= 0.3 is 0 Å². The summed E-state index contributed by atoms with van der Waals surface area (Å²) >= 11 is 0. The first-order valence-electron chi connectivity index (χ1n) is 10.6.